The highest BCUT2D eigenvalue weighted by Crippen LogP contribution is 2.09. The van der Waals surface area contributed by atoms with Crippen LogP contribution in [0.4, 0.5) is 0 Å². The van der Waals surface area contributed by atoms with Gasteiger partial charge in [0.25, 0.3) is 0 Å². The van der Waals surface area contributed by atoms with Crippen LogP contribution < -0.4 is 21.3 Å². The van der Waals surface area contributed by atoms with Crippen LogP contribution in [0.5, 0.6) is 0 Å². The minimum absolute atomic E-state index is 0.0767. The topological polar surface area (TPSA) is 174 Å². The van der Waals surface area contributed by atoms with Crippen molar-refractivity contribution in [3.05, 3.63) is 0 Å². The van der Waals surface area contributed by atoms with Gasteiger partial charge in [0.15, 0.2) is 0 Å². The molecule has 12 heteroatoms. The Balaban J connectivity index is 2.79. The van der Waals surface area contributed by atoms with Gasteiger partial charge in [-0.05, 0) is 31.7 Å². The first-order chi connectivity index (χ1) is 14.0. The van der Waals surface area contributed by atoms with Gasteiger partial charge < -0.3 is 31.5 Å². The Hall–Kier alpha value is -2.34. The van der Waals surface area contributed by atoms with Gasteiger partial charge in [0, 0.05) is 5.75 Å². The smallest absolute Gasteiger partial charge is 0.326 e. The van der Waals surface area contributed by atoms with Crippen molar-refractivity contribution in [1.82, 2.24) is 21.3 Å². The molecule has 170 valence electrons. The summed E-state index contributed by atoms with van der Waals surface area (Å²) in [5, 5.41) is 28.1. The SMILES string of the molecule is CC(C)CC(NC(=O)C1CCCN1)C(=O)NC(CS)C(=O)NC(CC(=O)O)C(=O)O. The molecular formula is C18H30N4O7S. The molecule has 0 spiro atoms. The lowest BCUT2D eigenvalue weighted by Crippen LogP contribution is -2.58. The molecule has 0 aromatic carbocycles. The van der Waals surface area contributed by atoms with Gasteiger partial charge in [-0.2, -0.15) is 12.6 Å². The molecule has 1 rings (SSSR count). The van der Waals surface area contributed by atoms with E-state index < -0.39 is 48.3 Å². The van der Waals surface area contributed by atoms with E-state index in [1.54, 1.807) is 0 Å². The molecule has 1 aliphatic heterocycles. The molecule has 4 atom stereocenters. The molecular weight excluding hydrogens is 416 g/mol. The number of hydrogen-bond donors (Lipinski definition) is 7. The fourth-order valence-electron chi connectivity index (χ4n) is 3.00. The zero-order valence-corrected chi connectivity index (χ0v) is 17.9. The summed E-state index contributed by atoms with van der Waals surface area (Å²) in [6, 6.07) is -4.10. The van der Waals surface area contributed by atoms with E-state index in [9.17, 15) is 24.0 Å². The van der Waals surface area contributed by atoms with E-state index in [4.69, 9.17) is 10.2 Å². The second-order valence-corrected chi connectivity index (χ2v) is 7.95. The molecule has 0 aliphatic carbocycles. The van der Waals surface area contributed by atoms with Gasteiger partial charge in [0.2, 0.25) is 17.7 Å². The second-order valence-electron chi connectivity index (χ2n) is 7.58. The molecule has 6 N–H and O–H groups in total. The van der Waals surface area contributed by atoms with Gasteiger partial charge in [0.1, 0.15) is 18.1 Å². The number of thiol groups is 1. The Morgan fingerprint density at radius 3 is 2.07 bits per heavy atom. The lowest BCUT2D eigenvalue weighted by atomic mass is 10.0. The van der Waals surface area contributed by atoms with E-state index in [1.165, 1.54) is 0 Å². The predicted molar refractivity (Wildman–Crippen MR) is 110 cm³/mol. The van der Waals surface area contributed by atoms with Crippen LogP contribution in [0.1, 0.15) is 39.5 Å². The van der Waals surface area contributed by atoms with E-state index in [2.05, 4.69) is 33.9 Å². The van der Waals surface area contributed by atoms with Crippen LogP contribution in [-0.2, 0) is 24.0 Å². The van der Waals surface area contributed by atoms with Crippen molar-refractivity contribution in [2.75, 3.05) is 12.3 Å². The van der Waals surface area contributed by atoms with Crippen molar-refractivity contribution in [2.24, 2.45) is 5.92 Å². The number of nitrogens with one attached hydrogen (secondary N) is 4. The quantitative estimate of drug-likeness (QED) is 0.182. The summed E-state index contributed by atoms with van der Waals surface area (Å²) in [7, 11) is 0. The number of carboxylic acids is 2. The number of carbonyl (C=O) groups is 5. The highest BCUT2D eigenvalue weighted by atomic mass is 32.1. The van der Waals surface area contributed by atoms with Gasteiger partial charge in [-0.3, -0.25) is 19.2 Å². The number of carbonyl (C=O) groups excluding carboxylic acids is 3. The second kappa shape index (κ2) is 12.4. The predicted octanol–water partition coefficient (Wildman–Crippen LogP) is -1.27. The van der Waals surface area contributed by atoms with Gasteiger partial charge in [-0.15, -0.1) is 0 Å². The van der Waals surface area contributed by atoms with Crippen molar-refractivity contribution >= 4 is 42.3 Å². The van der Waals surface area contributed by atoms with Crippen LogP contribution >= 0.6 is 12.6 Å². The molecule has 0 saturated carbocycles. The Kier molecular flexibility index (Phi) is 10.6. The first-order valence-corrected chi connectivity index (χ1v) is 10.4. The lowest BCUT2D eigenvalue weighted by Gasteiger charge is -2.25. The fourth-order valence-corrected chi connectivity index (χ4v) is 3.25. The minimum atomic E-state index is -1.64. The van der Waals surface area contributed by atoms with Crippen LogP contribution in [0, 0.1) is 5.92 Å². The van der Waals surface area contributed by atoms with Crippen LogP contribution in [0.15, 0.2) is 0 Å². The third kappa shape index (κ3) is 8.57. The van der Waals surface area contributed by atoms with E-state index in [0.29, 0.717) is 12.8 Å². The van der Waals surface area contributed by atoms with Gasteiger partial charge >= 0.3 is 11.9 Å². The van der Waals surface area contributed by atoms with Crippen LogP contribution in [0.3, 0.4) is 0 Å². The minimum Gasteiger partial charge on any atom is -0.481 e. The molecule has 0 radical (unpaired) electrons. The zero-order valence-electron chi connectivity index (χ0n) is 17.0. The number of amides is 3. The number of aliphatic carboxylic acids is 2. The Bertz CT molecular complexity index is 652. The number of carboxylic acid groups (broad SMARTS) is 2. The van der Waals surface area contributed by atoms with Crippen molar-refractivity contribution < 1.29 is 34.2 Å². The summed E-state index contributed by atoms with van der Waals surface area (Å²) in [6.45, 7) is 4.49. The molecule has 1 aliphatic rings. The van der Waals surface area contributed by atoms with Crippen LogP contribution in [0.2, 0.25) is 0 Å². The van der Waals surface area contributed by atoms with E-state index in [-0.39, 0.29) is 23.6 Å². The summed E-state index contributed by atoms with van der Waals surface area (Å²) in [5.41, 5.74) is 0. The van der Waals surface area contributed by atoms with Crippen molar-refractivity contribution in [2.45, 2.75) is 63.7 Å². The monoisotopic (exact) mass is 446 g/mol. The molecule has 1 heterocycles. The Morgan fingerprint density at radius 2 is 1.60 bits per heavy atom. The lowest BCUT2D eigenvalue weighted by molar-refractivity contribution is -0.147. The maximum atomic E-state index is 12.7. The molecule has 0 aromatic rings. The van der Waals surface area contributed by atoms with Gasteiger partial charge in [0.05, 0.1) is 12.5 Å². The van der Waals surface area contributed by atoms with Gasteiger partial charge in [-0.25, -0.2) is 4.79 Å². The molecule has 1 saturated heterocycles. The van der Waals surface area contributed by atoms with Gasteiger partial charge in [-0.1, -0.05) is 13.8 Å². The molecule has 30 heavy (non-hydrogen) atoms. The first-order valence-electron chi connectivity index (χ1n) is 9.75. The Morgan fingerprint density at radius 1 is 1.00 bits per heavy atom. The highest BCUT2D eigenvalue weighted by molar-refractivity contribution is 7.80. The summed E-state index contributed by atoms with van der Waals surface area (Å²) >= 11 is 4.02. The van der Waals surface area contributed by atoms with Crippen molar-refractivity contribution in [1.29, 1.82) is 0 Å². The molecule has 4 unspecified atom stereocenters. The summed E-state index contributed by atoms with van der Waals surface area (Å²) < 4.78 is 0. The number of hydrogen-bond acceptors (Lipinski definition) is 7. The molecule has 11 nitrogen and oxygen atoms in total. The third-order valence-corrected chi connectivity index (χ3v) is 4.89. The average Bonchev–Trinajstić information content (AvgIpc) is 3.18. The van der Waals surface area contributed by atoms with Crippen molar-refractivity contribution in [3.63, 3.8) is 0 Å². The third-order valence-electron chi connectivity index (χ3n) is 4.53. The standard InChI is InChI=1S/C18H30N4O7S/c1-9(2)6-11(20-15(25)10-4-3-5-19-10)16(26)22-13(8-30)17(27)21-12(18(28)29)7-14(23)24/h9-13,19,30H,3-8H2,1-2H3,(H,20,25)(H,21,27)(H,22,26)(H,23,24)(H,28,29). The summed E-state index contributed by atoms with van der Waals surface area (Å²) in [4.78, 5) is 59.4. The maximum absolute atomic E-state index is 12.7. The maximum Gasteiger partial charge on any atom is 0.326 e. The largest absolute Gasteiger partial charge is 0.481 e. The summed E-state index contributed by atoms with van der Waals surface area (Å²) in [6.07, 6.45) is 1.06. The molecule has 3 amide bonds. The van der Waals surface area contributed by atoms with E-state index in [0.717, 1.165) is 13.0 Å². The molecule has 0 aromatic heterocycles. The first kappa shape index (κ1) is 25.7. The van der Waals surface area contributed by atoms with E-state index >= 15 is 0 Å². The highest BCUT2D eigenvalue weighted by Gasteiger charge is 2.31. The molecule has 1 fully saturated rings. The zero-order chi connectivity index (χ0) is 22.8. The average molecular weight is 447 g/mol. The van der Waals surface area contributed by atoms with Crippen LogP contribution in [-0.4, -0.2) is 76.3 Å². The summed E-state index contributed by atoms with van der Waals surface area (Å²) in [5.74, 6) is -4.75. The fraction of sp³-hybridized carbons (Fsp3) is 0.722. The normalized spacial score (nSPS) is 18.9. The molecule has 0 bridgehead atoms. The Labute approximate surface area is 180 Å². The van der Waals surface area contributed by atoms with Crippen molar-refractivity contribution in [3.8, 4) is 0 Å². The number of rotatable bonds is 12. The van der Waals surface area contributed by atoms with Crippen LogP contribution in [0.25, 0.3) is 0 Å². The van der Waals surface area contributed by atoms with E-state index in [1.807, 2.05) is 13.8 Å².